The zero-order valence-electron chi connectivity index (χ0n) is 17.4. The molecular formula is C23H19Cl2F2N5O. The van der Waals surface area contributed by atoms with Crippen LogP contribution in [0.25, 0.3) is 12.2 Å². The van der Waals surface area contributed by atoms with Crippen molar-refractivity contribution in [3.05, 3.63) is 99.8 Å². The monoisotopic (exact) mass is 489 g/mol. The van der Waals surface area contributed by atoms with E-state index in [0.29, 0.717) is 10.0 Å². The van der Waals surface area contributed by atoms with Crippen LogP contribution in [0.5, 0.6) is 0 Å². The maximum atomic E-state index is 14.7. The molecule has 170 valence electrons. The van der Waals surface area contributed by atoms with Gasteiger partial charge < -0.3 is 5.11 Å². The first-order chi connectivity index (χ1) is 15.8. The molecule has 2 atom stereocenters. The SMILES string of the molecule is C[C@@H](n1cc(/C=C/c2ccc(Cl)c(Cl)c2)cn1)[C@](O)(Cn1cncn1)c1ccc(F)cc1F. The van der Waals surface area contributed by atoms with Crippen molar-refractivity contribution in [2.45, 2.75) is 25.1 Å². The number of hydrogen-bond donors (Lipinski definition) is 1. The van der Waals surface area contributed by atoms with E-state index in [-0.39, 0.29) is 12.1 Å². The number of rotatable bonds is 7. The molecule has 0 radical (unpaired) electrons. The molecule has 0 bridgehead atoms. The molecule has 0 amide bonds. The molecule has 0 saturated carbocycles. The molecule has 0 aliphatic heterocycles. The van der Waals surface area contributed by atoms with Gasteiger partial charge in [-0.2, -0.15) is 10.2 Å². The fourth-order valence-corrected chi connectivity index (χ4v) is 3.83. The van der Waals surface area contributed by atoms with Gasteiger partial charge in [-0.3, -0.25) is 4.68 Å². The van der Waals surface area contributed by atoms with Gasteiger partial charge >= 0.3 is 0 Å². The standard InChI is InChI=1S/C23H19Cl2F2N5O/c1-15(32-11-17(10-29-32)3-2-16-4-7-20(24)21(25)8-16)23(33,12-31-14-28-13-30-31)19-6-5-18(26)9-22(19)27/h2-11,13-15,33H,12H2,1H3/b3-2+/t15-,23-/m1/s1. The van der Waals surface area contributed by atoms with Crippen LogP contribution < -0.4 is 0 Å². The maximum Gasteiger partial charge on any atom is 0.137 e. The van der Waals surface area contributed by atoms with Gasteiger partial charge in [0.1, 0.15) is 29.9 Å². The Kier molecular flexibility index (Phi) is 6.60. The molecule has 0 aliphatic rings. The molecule has 0 saturated heterocycles. The molecule has 2 aromatic heterocycles. The smallest absolute Gasteiger partial charge is 0.137 e. The van der Waals surface area contributed by atoms with E-state index in [2.05, 4.69) is 15.2 Å². The van der Waals surface area contributed by atoms with Crippen molar-refractivity contribution >= 4 is 35.4 Å². The summed E-state index contributed by atoms with van der Waals surface area (Å²) in [5.74, 6) is -1.60. The summed E-state index contributed by atoms with van der Waals surface area (Å²) >= 11 is 12.0. The molecule has 2 aromatic carbocycles. The molecule has 33 heavy (non-hydrogen) atoms. The molecule has 1 N–H and O–H groups in total. The summed E-state index contributed by atoms with van der Waals surface area (Å²) in [6.45, 7) is 1.57. The first-order valence-corrected chi connectivity index (χ1v) is 10.7. The number of aliphatic hydroxyl groups is 1. The predicted octanol–water partition coefficient (Wildman–Crippen LogP) is 5.38. The Morgan fingerprint density at radius 3 is 2.55 bits per heavy atom. The number of aromatic nitrogens is 5. The number of halogens is 4. The minimum absolute atomic E-state index is 0.0738. The van der Waals surface area contributed by atoms with Gasteiger partial charge in [0.2, 0.25) is 0 Å². The van der Waals surface area contributed by atoms with Gasteiger partial charge in [-0.15, -0.1) is 0 Å². The lowest BCUT2D eigenvalue weighted by Gasteiger charge is -2.34. The minimum atomic E-state index is -1.80. The van der Waals surface area contributed by atoms with E-state index in [1.807, 2.05) is 18.2 Å². The first-order valence-electron chi connectivity index (χ1n) is 9.94. The van der Waals surface area contributed by atoms with Crippen molar-refractivity contribution in [3.63, 3.8) is 0 Å². The Bertz CT molecular complexity index is 1290. The van der Waals surface area contributed by atoms with Crippen LogP contribution in [0.2, 0.25) is 10.0 Å². The fraction of sp³-hybridized carbons (Fsp3) is 0.174. The largest absolute Gasteiger partial charge is 0.381 e. The van der Waals surface area contributed by atoms with Gasteiger partial charge in [-0.1, -0.05) is 47.5 Å². The average Bonchev–Trinajstić information content (AvgIpc) is 3.46. The fourth-order valence-electron chi connectivity index (χ4n) is 3.52. The first kappa shape index (κ1) is 23.1. The summed E-state index contributed by atoms with van der Waals surface area (Å²) in [4.78, 5) is 3.88. The van der Waals surface area contributed by atoms with Crippen LogP contribution in [-0.4, -0.2) is 29.7 Å². The number of benzene rings is 2. The highest BCUT2D eigenvalue weighted by Crippen LogP contribution is 2.36. The molecule has 0 aliphatic carbocycles. The minimum Gasteiger partial charge on any atom is -0.381 e. The third-order valence-corrected chi connectivity index (χ3v) is 6.13. The van der Waals surface area contributed by atoms with E-state index >= 15 is 0 Å². The van der Waals surface area contributed by atoms with Crippen molar-refractivity contribution in [2.24, 2.45) is 0 Å². The Labute approximate surface area is 198 Å². The topological polar surface area (TPSA) is 68.8 Å². The quantitative estimate of drug-likeness (QED) is 0.378. The van der Waals surface area contributed by atoms with Crippen LogP contribution in [0, 0.1) is 11.6 Å². The highest BCUT2D eigenvalue weighted by Gasteiger charge is 2.40. The van der Waals surface area contributed by atoms with Gasteiger partial charge in [0.05, 0.1) is 28.8 Å². The second-order valence-corrected chi connectivity index (χ2v) is 8.39. The van der Waals surface area contributed by atoms with Gasteiger partial charge in [-0.25, -0.2) is 18.4 Å². The van der Waals surface area contributed by atoms with E-state index in [1.54, 1.807) is 31.5 Å². The lowest BCUT2D eigenvalue weighted by molar-refractivity contribution is -0.0369. The maximum absolute atomic E-state index is 14.7. The zero-order chi connectivity index (χ0) is 23.6. The second-order valence-electron chi connectivity index (χ2n) is 7.58. The van der Waals surface area contributed by atoms with Crippen molar-refractivity contribution < 1.29 is 13.9 Å². The summed E-state index contributed by atoms with van der Waals surface area (Å²) in [5.41, 5.74) is -0.283. The summed E-state index contributed by atoms with van der Waals surface area (Å²) in [7, 11) is 0. The van der Waals surface area contributed by atoms with E-state index in [4.69, 9.17) is 23.2 Å². The molecule has 0 spiro atoms. The average molecular weight is 490 g/mol. The Hall–Kier alpha value is -3.07. The highest BCUT2D eigenvalue weighted by molar-refractivity contribution is 6.42. The molecule has 0 fully saturated rings. The van der Waals surface area contributed by atoms with Crippen molar-refractivity contribution in [2.75, 3.05) is 0 Å². The van der Waals surface area contributed by atoms with Gasteiger partial charge in [0.15, 0.2) is 0 Å². The molecule has 0 unspecified atom stereocenters. The van der Waals surface area contributed by atoms with E-state index in [1.165, 1.54) is 28.1 Å². The Morgan fingerprint density at radius 1 is 1.06 bits per heavy atom. The third-order valence-electron chi connectivity index (χ3n) is 5.39. The second kappa shape index (κ2) is 9.43. The number of hydrogen-bond acceptors (Lipinski definition) is 4. The van der Waals surface area contributed by atoms with Gasteiger partial charge in [0, 0.05) is 23.4 Å². The summed E-state index contributed by atoms with van der Waals surface area (Å²) < 4.78 is 31.1. The zero-order valence-corrected chi connectivity index (χ0v) is 18.9. The van der Waals surface area contributed by atoms with Crippen LogP contribution in [0.4, 0.5) is 8.78 Å². The lowest BCUT2D eigenvalue weighted by Crippen LogP contribution is -2.40. The summed E-state index contributed by atoms with van der Waals surface area (Å²) in [5, 5.41) is 20.9. The van der Waals surface area contributed by atoms with Crippen LogP contribution in [-0.2, 0) is 12.1 Å². The van der Waals surface area contributed by atoms with Gasteiger partial charge in [0.25, 0.3) is 0 Å². The molecule has 2 heterocycles. The Morgan fingerprint density at radius 2 is 1.85 bits per heavy atom. The highest BCUT2D eigenvalue weighted by atomic mass is 35.5. The third kappa shape index (κ3) is 4.98. The molecule has 4 rings (SSSR count). The normalized spacial score (nSPS) is 14.5. The van der Waals surface area contributed by atoms with Crippen LogP contribution in [0.3, 0.4) is 0 Å². The lowest BCUT2D eigenvalue weighted by atomic mass is 9.86. The molecular weight excluding hydrogens is 471 g/mol. The summed E-state index contributed by atoms with van der Waals surface area (Å²) in [6.07, 6.45) is 9.72. The molecule has 6 nitrogen and oxygen atoms in total. The Balaban J connectivity index is 1.65. The van der Waals surface area contributed by atoms with Crippen molar-refractivity contribution in [1.29, 1.82) is 0 Å². The number of nitrogens with zero attached hydrogens (tertiary/aromatic N) is 5. The van der Waals surface area contributed by atoms with E-state index in [0.717, 1.165) is 23.3 Å². The predicted molar refractivity (Wildman–Crippen MR) is 123 cm³/mol. The molecule has 4 aromatic rings. The summed E-state index contributed by atoms with van der Waals surface area (Å²) in [6, 6.07) is 7.60. The molecule has 10 heteroatoms. The van der Waals surface area contributed by atoms with Crippen molar-refractivity contribution in [1.82, 2.24) is 24.5 Å². The van der Waals surface area contributed by atoms with Crippen LogP contribution in [0.15, 0.2) is 61.4 Å². The van der Waals surface area contributed by atoms with Crippen molar-refractivity contribution in [3.8, 4) is 0 Å². The van der Waals surface area contributed by atoms with E-state index in [9.17, 15) is 13.9 Å². The van der Waals surface area contributed by atoms with Crippen LogP contribution >= 0.6 is 23.2 Å². The van der Waals surface area contributed by atoms with Gasteiger partial charge in [-0.05, 0) is 30.7 Å². The van der Waals surface area contributed by atoms with Crippen LogP contribution in [0.1, 0.15) is 29.7 Å². The van der Waals surface area contributed by atoms with E-state index < -0.39 is 23.3 Å².